The normalized spacial score (nSPS) is 10.4. The van der Waals surface area contributed by atoms with E-state index in [-0.39, 0.29) is 12.5 Å². The summed E-state index contributed by atoms with van der Waals surface area (Å²) in [6.07, 6.45) is 0.685. The van der Waals surface area contributed by atoms with Crippen LogP contribution in [0.4, 0.5) is 0 Å². The second-order valence-electron chi connectivity index (χ2n) is 4.95. The number of thiazole rings is 1. The molecule has 2 aromatic rings. The SMILES string of the molecule is Cc1nc(C)c(C(=O)OCC(=O)NCCc2ccc(Cl)cc2)s1. The Kier molecular flexibility index (Phi) is 6.12. The number of halogens is 1. The van der Waals surface area contributed by atoms with Crippen molar-refractivity contribution in [2.24, 2.45) is 0 Å². The highest BCUT2D eigenvalue weighted by Gasteiger charge is 2.16. The summed E-state index contributed by atoms with van der Waals surface area (Å²) in [5.41, 5.74) is 1.70. The van der Waals surface area contributed by atoms with E-state index in [0.717, 1.165) is 10.6 Å². The van der Waals surface area contributed by atoms with Crippen molar-refractivity contribution in [3.63, 3.8) is 0 Å². The molecule has 0 spiro atoms. The van der Waals surface area contributed by atoms with Gasteiger partial charge in [0.1, 0.15) is 4.88 Å². The Balaban J connectivity index is 1.71. The first-order chi connectivity index (χ1) is 11.0. The van der Waals surface area contributed by atoms with Crippen molar-refractivity contribution < 1.29 is 14.3 Å². The lowest BCUT2D eigenvalue weighted by Crippen LogP contribution is -2.30. The van der Waals surface area contributed by atoms with Crippen LogP contribution in [0.3, 0.4) is 0 Å². The van der Waals surface area contributed by atoms with Crippen molar-refractivity contribution in [3.05, 3.63) is 50.4 Å². The zero-order valence-corrected chi connectivity index (χ0v) is 14.5. The lowest BCUT2D eigenvalue weighted by atomic mass is 10.1. The molecule has 0 saturated carbocycles. The molecule has 7 heteroatoms. The average Bonchev–Trinajstić information content (AvgIpc) is 2.85. The zero-order valence-electron chi connectivity index (χ0n) is 12.9. The van der Waals surface area contributed by atoms with Crippen molar-refractivity contribution in [3.8, 4) is 0 Å². The van der Waals surface area contributed by atoms with E-state index in [0.29, 0.717) is 28.6 Å². The second kappa shape index (κ2) is 8.08. The second-order valence-corrected chi connectivity index (χ2v) is 6.59. The molecule has 122 valence electrons. The number of hydrogen-bond acceptors (Lipinski definition) is 5. The highest BCUT2D eigenvalue weighted by Crippen LogP contribution is 2.17. The standard InChI is InChI=1S/C16H17ClN2O3S/c1-10-15(23-11(2)19-10)16(21)22-9-14(20)18-8-7-12-3-5-13(17)6-4-12/h3-6H,7-9H2,1-2H3,(H,18,20). The number of benzene rings is 1. The quantitative estimate of drug-likeness (QED) is 0.811. The van der Waals surface area contributed by atoms with Gasteiger partial charge in [-0.05, 0) is 38.0 Å². The first-order valence-electron chi connectivity index (χ1n) is 7.08. The van der Waals surface area contributed by atoms with Gasteiger partial charge in [0, 0.05) is 11.6 Å². The van der Waals surface area contributed by atoms with E-state index in [1.807, 2.05) is 19.1 Å². The zero-order chi connectivity index (χ0) is 16.8. The van der Waals surface area contributed by atoms with Gasteiger partial charge in [0.25, 0.3) is 5.91 Å². The third-order valence-corrected chi connectivity index (χ3v) is 4.38. The van der Waals surface area contributed by atoms with Gasteiger partial charge in [0.15, 0.2) is 6.61 Å². The number of ether oxygens (including phenoxy) is 1. The van der Waals surface area contributed by atoms with Crippen molar-refractivity contribution >= 4 is 34.8 Å². The van der Waals surface area contributed by atoms with Crippen LogP contribution in [0.5, 0.6) is 0 Å². The molecule has 0 aliphatic rings. The van der Waals surface area contributed by atoms with Crippen LogP contribution in [0.15, 0.2) is 24.3 Å². The molecule has 23 heavy (non-hydrogen) atoms. The summed E-state index contributed by atoms with van der Waals surface area (Å²) in [6.45, 7) is 3.73. The van der Waals surface area contributed by atoms with Gasteiger partial charge in [-0.3, -0.25) is 4.79 Å². The number of aromatic nitrogens is 1. The fourth-order valence-electron chi connectivity index (χ4n) is 1.97. The van der Waals surface area contributed by atoms with E-state index >= 15 is 0 Å². The Morgan fingerprint density at radius 2 is 1.96 bits per heavy atom. The number of hydrogen-bond donors (Lipinski definition) is 1. The van der Waals surface area contributed by atoms with Crippen LogP contribution in [-0.4, -0.2) is 30.0 Å². The van der Waals surface area contributed by atoms with Crippen LogP contribution in [-0.2, 0) is 16.0 Å². The van der Waals surface area contributed by atoms with Gasteiger partial charge in [-0.1, -0.05) is 23.7 Å². The Morgan fingerprint density at radius 1 is 1.26 bits per heavy atom. The minimum absolute atomic E-state index is 0.296. The first kappa shape index (κ1) is 17.4. The molecule has 5 nitrogen and oxygen atoms in total. The van der Waals surface area contributed by atoms with Gasteiger partial charge < -0.3 is 10.1 Å². The Bertz CT molecular complexity index is 698. The summed E-state index contributed by atoms with van der Waals surface area (Å²) in [5, 5.41) is 4.18. The summed E-state index contributed by atoms with van der Waals surface area (Å²) < 4.78 is 5.00. The van der Waals surface area contributed by atoms with Crippen LogP contribution < -0.4 is 5.32 Å². The molecule has 0 fully saturated rings. The third-order valence-electron chi connectivity index (χ3n) is 3.07. The molecule has 0 radical (unpaired) electrons. The average molecular weight is 353 g/mol. The minimum Gasteiger partial charge on any atom is -0.451 e. The molecule has 1 N–H and O–H groups in total. The summed E-state index contributed by atoms with van der Waals surface area (Å²) >= 11 is 7.07. The number of esters is 1. The van der Waals surface area contributed by atoms with Crippen LogP contribution >= 0.6 is 22.9 Å². The Hall–Kier alpha value is -1.92. The van der Waals surface area contributed by atoms with Crippen LogP contribution in [0.2, 0.25) is 5.02 Å². The summed E-state index contributed by atoms with van der Waals surface area (Å²) in [4.78, 5) is 28.2. The first-order valence-corrected chi connectivity index (χ1v) is 8.27. The van der Waals surface area contributed by atoms with Crippen molar-refractivity contribution in [1.82, 2.24) is 10.3 Å². The Morgan fingerprint density at radius 3 is 2.57 bits per heavy atom. The van der Waals surface area contributed by atoms with Gasteiger partial charge in [-0.25, -0.2) is 9.78 Å². The molecule has 1 aromatic carbocycles. The number of nitrogens with one attached hydrogen (secondary N) is 1. The summed E-state index contributed by atoms with van der Waals surface area (Å²) in [6, 6.07) is 7.42. The molecule has 2 rings (SSSR count). The molecule has 1 amide bonds. The molecule has 0 unspecified atom stereocenters. The van der Waals surface area contributed by atoms with Crippen molar-refractivity contribution in [2.75, 3.05) is 13.2 Å². The number of carbonyl (C=O) groups is 2. The van der Waals surface area contributed by atoms with E-state index in [1.54, 1.807) is 19.1 Å². The van der Waals surface area contributed by atoms with Gasteiger partial charge in [0.05, 0.1) is 10.7 Å². The lowest BCUT2D eigenvalue weighted by Gasteiger charge is -2.06. The maximum atomic E-state index is 11.9. The molecular weight excluding hydrogens is 336 g/mol. The fraction of sp³-hybridized carbons (Fsp3) is 0.312. The molecule has 1 heterocycles. The molecule has 0 bridgehead atoms. The van der Waals surface area contributed by atoms with Crippen LogP contribution in [0.25, 0.3) is 0 Å². The van der Waals surface area contributed by atoms with E-state index in [4.69, 9.17) is 16.3 Å². The number of rotatable bonds is 6. The van der Waals surface area contributed by atoms with Crippen molar-refractivity contribution in [1.29, 1.82) is 0 Å². The molecular formula is C16H17ClN2O3S. The van der Waals surface area contributed by atoms with Gasteiger partial charge in [-0.15, -0.1) is 11.3 Å². The molecule has 0 aliphatic heterocycles. The topological polar surface area (TPSA) is 68.3 Å². The van der Waals surface area contributed by atoms with E-state index in [2.05, 4.69) is 10.3 Å². The minimum atomic E-state index is -0.513. The Labute approximate surface area is 143 Å². The molecule has 0 atom stereocenters. The van der Waals surface area contributed by atoms with Crippen molar-refractivity contribution in [2.45, 2.75) is 20.3 Å². The monoisotopic (exact) mass is 352 g/mol. The number of amides is 1. The predicted molar refractivity (Wildman–Crippen MR) is 90.0 cm³/mol. The largest absolute Gasteiger partial charge is 0.451 e. The van der Waals surface area contributed by atoms with Gasteiger partial charge >= 0.3 is 5.97 Å². The van der Waals surface area contributed by atoms with E-state index in [1.165, 1.54) is 11.3 Å². The fourth-order valence-corrected chi connectivity index (χ4v) is 2.91. The van der Waals surface area contributed by atoms with Gasteiger partial charge in [0.2, 0.25) is 0 Å². The smallest absolute Gasteiger partial charge is 0.350 e. The van der Waals surface area contributed by atoms with Gasteiger partial charge in [-0.2, -0.15) is 0 Å². The van der Waals surface area contributed by atoms with E-state index in [9.17, 15) is 9.59 Å². The molecule has 0 aliphatic carbocycles. The lowest BCUT2D eigenvalue weighted by molar-refractivity contribution is -0.124. The number of nitrogens with zero attached hydrogens (tertiary/aromatic N) is 1. The number of aryl methyl sites for hydroxylation is 2. The highest BCUT2D eigenvalue weighted by molar-refractivity contribution is 7.13. The highest BCUT2D eigenvalue weighted by atomic mass is 35.5. The molecule has 1 aromatic heterocycles. The molecule has 0 saturated heterocycles. The maximum absolute atomic E-state index is 11.9. The summed E-state index contributed by atoms with van der Waals surface area (Å²) in [7, 11) is 0. The third kappa shape index (κ3) is 5.33. The van der Waals surface area contributed by atoms with E-state index < -0.39 is 5.97 Å². The number of carbonyl (C=O) groups excluding carboxylic acids is 2. The predicted octanol–water partition coefficient (Wildman–Crippen LogP) is 2.93. The maximum Gasteiger partial charge on any atom is 0.350 e. The summed E-state index contributed by atoms with van der Waals surface area (Å²) in [5.74, 6) is -0.841. The van der Waals surface area contributed by atoms with Crippen LogP contribution in [0, 0.1) is 13.8 Å². The van der Waals surface area contributed by atoms with Crippen LogP contribution in [0.1, 0.15) is 25.9 Å².